The van der Waals surface area contributed by atoms with Gasteiger partial charge >= 0.3 is 0 Å². The Morgan fingerprint density at radius 1 is 1.26 bits per heavy atom. The first kappa shape index (κ1) is 11.7. The Kier molecular flexibility index (Phi) is 2.52. The largest absolute Gasteiger partial charge is 0.366 e. The van der Waals surface area contributed by atoms with Gasteiger partial charge in [0, 0.05) is 34.6 Å². The number of hydrogen-bond donors (Lipinski definition) is 1. The van der Waals surface area contributed by atoms with Gasteiger partial charge in [-0.3, -0.25) is 9.78 Å². The summed E-state index contributed by atoms with van der Waals surface area (Å²) in [4.78, 5) is 15.9. The van der Waals surface area contributed by atoms with E-state index in [1.807, 2.05) is 31.5 Å². The van der Waals surface area contributed by atoms with Crippen molar-refractivity contribution in [1.82, 2.24) is 9.55 Å². The third-order valence-corrected chi connectivity index (χ3v) is 3.57. The van der Waals surface area contributed by atoms with Crippen LogP contribution in [0.4, 0.5) is 0 Å². The van der Waals surface area contributed by atoms with E-state index in [1.54, 1.807) is 6.07 Å². The number of primary amides is 1. The van der Waals surface area contributed by atoms with Gasteiger partial charge < -0.3 is 10.3 Å². The normalized spacial score (nSPS) is 11.3. The molecule has 2 heterocycles. The number of nitrogens with zero attached hydrogens (tertiary/aromatic N) is 2. The number of aromatic nitrogens is 2. The maximum atomic E-state index is 11.7. The molecule has 0 aliphatic rings. The lowest BCUT2D eigenvalue weighted by Crippen LogP contribution is -2.11. The third-order valence-electron chi connectivity index (χ3n) is 3.57. The van der Waals surface area contributed by atoms with Crippen LogP contribution in [0.1, 0.15) is 22.8 Å². The molecule has 19 heavy (non-hydrogen) atoms. The second-order valence-electron chi connectivity index (χ2n) is 4.66. The number of aryl methyl sites for hydroxylation is 2. The lowest BCUT2D eigenvalue weighted by Gasteiger charge is -2.02. The molecule has 0 saturated carbocycles. The second kappa shape index (κ2) is 4.09. The maximum Gasteiger partial charge on any atom is 0.249 e. The lowest BCUT2D eigenvalue weighted by molar-refractivity contribution is 0.100. The summed E-state index contributed by atoms with van der Waals surface area (Å²) < 4.78 is 2.16. The van der Waals surface area contributed by atoms with Crippen molar-refractivity contribution >= 4 is 27.7 Å². The van der Waals surface area contributed by atoms with Crippen molar-refractivity contribution < 1.29 is 4.79 Å². The average molecular weight is 253 g/mol. The fourth-order valence-electron chi connectivity index (χ4n) is 2.78. The molecule has 0 fully saturated rings. The first-order valence-corrected chi connectivity index (χ1v) is 6.30. The molecule has 96 valence electrons. The van der Waals surface area contributed by atoms with Crippen LogP contribution >= 0.6 is 0 Å². The molecule has 0 aliphatic carbocycles. The number of benzene rings is 1. The van der Waals surface area contributed by atoms with Crippen LogP contribution in [0.2, 0.25) is 0 Å². The van der Waals surface area contributed by atoms with Crippen LogP contribution in [0.25, 0.3) is 21.8 Å². The molecule has 4 heteroatoms. The monoisotopic (exact) mass is 253 g/mol. The van der Waals surface area contributed by atoms with Gasteiger partial charge in [-0.2, -0.15) is 0 Å². The number of rotatable bonds is 2. The van der Waals surface area contributed by atoms with Gasteiger partial charge in [-0.25, -0.2) is 0 Å². The van der Waals surface area contributed by atoms with Gasteiger partial charge in [-0.05, 0) is 31.5 Å². The molecule has 0 spiro atoms. The number of carbonyl (C=O) groups excluding carboxylic acids is 1. The van der Waals surface area contributed by atoms with Crippen molar-refractivity contribution in [3.63, 3.8) is 0 Å². The average Bonchev–Trinajstić information content (AvgIpc) is 2.73. The van der Waals surface area contributed by atoms with Gasteiger partial charge in [-0.1, -0.05) is 6.07 Å². The zero-order valence-corrected chi connectivity index (χ0v) is 11.0. The summed E-state index contributed by atoms with van der Waals surface area (Å²) >= 11 is 0. The summed E-state index contributed by atoms with van der Waals surface area (Å²) in [7, 11) is 0. The number of nitrogens with two attached hydrogens (primary N) is 1. The van der Waals surface area contributed by atoms with E-state index < -0.39 is 5.91 Å². The molecular formula is C15H15N3O. The van der Waals surface area contributed by atoms with Crippen molar-refractivity contribution in [2.75, 3.05) is 0 Å². The molecule has 1 aromatic carbocycles. The van der Waals surface area contributed by atoms with Crippen molar-refractivity contribution in [1.29, 1.82) is 0 Å². The van der Waals surface area contributed by atoms with Crippen LogP contribution in [0, 0.1) is 6.92 Å². The molecule has 0 aliphatic heterocycles. The number of pyridine rings is 1. The van der Waals surface area contributed by atoms with Crippen molar-refractivity contribution in [3.05, 3.63) is 41.7 Å². The minimum absolute atomic E-state index is 0.392. The standard InChI is InChI=1S/C15H15N3O/c1-3-18-11-6-4-5-10(15(16)19)14(11)13-9(2)7-17-8-12(13)18/h4-8H,3H2,1-2H3,(H2,16,19). The highest BCUT2D eigenvalue weighted by Gasteiger charge is 2.16. The summed E-state index contributed by atoms with van der Waals surface area (Å²) in [6.45, 7) is 4.91. The van der Waals surface area contributed by atoms with Crippen molar-refractivity contribution in [3.8, 4) is 0 Å². The van der Waals surface area contributed by atoms with Crippen LogP contribution in [-0.4, -0.2) is 15.5 Å². The molecule has 0 unspecified atom stereocenters. The van der Waals surface area contributed by atoms with Crippen LogP contribution in [0.5, 0.6) is 0 Å². The fraction of sp³-hybridized carbons (Fsp3) is 0.200. The smallest absolute Gasteiger partial charge is 0.249 e. The molecule has 3 aromatic rings. The Morgan fingerprint density at radius 3 is 2.74 bits per heavy atom. The van der Waals surface area contributed by atoms with Gasteiger partial charge in [0.15, 0.2) is 0 Å². The van der Waals surface area contributed by atoms with Crippen LogP contribution < -0.4 is 5.73 Å². The number of carbonyl (C=O) groups is 1. The van der Waals surface area contributed by atoms with Crippen molar-refractivity contribution in [2.24, 2.45) is 5.73 Å². The van der Waals surface area contributed by atoms with E-state index in [0.717, 1.165) is 33.9 Å². The summed E-state index contributed by atoms with van der Waals surface area (Å²) in [6.07, 6.45) is 3.66. The summed E-state index contributed by atoms with van der Waals surface area (Å²) in [5.74, 6) is -0.392. The highest BCUT2D eigenvalue weighted by atomic mass is 16.1. The molecule has 2 aromatic heterocycles. The predicted octanol–water partition coefficient (Wildman–Crippen LogP) is 2.62. The van der Waals surface area contributed by atoms with Gasteiger partial charge in [0.1, 0.15) is 0 Å². The Hall–Kier alpha value is -2.36. The number of amides is 1. The molecule has 0 atom stereocenters. The topological polar surface area (TPSA) is 60.9 Å². The molecule has 0 radical (unpaired) electrons. The number of hydrogen-bond acceptors (Lipinski definition) is 2. The van der Waals surface area contributed by atoms with E-state index in [1.165, 1.54) is 0 Å². The molecular weight excluding hydrogens is 238 g/mol. The second-order valence-corrected chi connectivity index (χ2v) is 4.66. The summed E-state index contributed by atoms with van der Waals surface area (Å²) in [5.41, 5.74) is 9.22. The van der Waals surface area contributed by atoms with E-state index in [9.17, 15) is 4.79 Å². The van der Waals surface area contributed by atoms with Crippen molar-refractivity contribution in [2.45, 2.75) is 20.4 Å². The molecule has 3 rings (SSSR count). The Balaban J connectivity index is 2.65. The molecule has 1 amide bonds. The summed E-state index contributed by atoms with van der Waals surface area (Å²) in [6, 6.07) is 5.67. The van der Waals surface area contributed by atoms with E-state index in [-0.39, 0.29) is 0 Å². The van der Waals surface area contributed by atoms with Gasteiger partial charge in [0.2, 0.25) is 5.91 Å². The van der Waals surface area contributed by atoms with Crippen LogP contribution in [-0.2, 0) is 6.54 Å². The Labute approximate surface area is 110 Å². The molecule has 0 bridgehead atoms. The first-order chi connectivity index (χ1) is 9.15. The third kappa shape index (κ3) is 1.53. The van der Waals surface area contributed by atoms with Crippen LogP contribution in [0.15, 0.2) is 30.6 Å². The van der Waals surface area contributed by atoms with E-state index in [4.69, 9.17) is 5.73 Å². The Morgan fingerprint density at radius 2 is 2.05 bits per heavy atom. The minimum Gasteiger partial charge on any atom is -0.366 e. The number of fused-ring (bicyclic) bond motifs is 3. The minimum atomic E-state index is -0.392. The lowest BCUT2D eigenvalue weighted by atomic mass is 10.0. The first-order valence-electron chi connectivity index (χ1n) is 6.30. The van der Waals surface area contributed by atoms with Gasteiger partial charge in [0.05, 0.1) is 11.7 Å². The predicted molar refractivity (Wildman–Crippen MR) is 76.2 cm³/mol. The van der Waals surface area contributed by atoms with E-state index in [0.29, 0.717) is 5.56 Å². The van der Waals surface area contributed by atoms with Gasteiger partial charge in [-0.15, -0.1) is 0 Å². The van der Waals surface area contributed by atoms with E-state index >= 15 is 0 Å². The molecule has 2 N–H and O–H groups in total. The SMILES string of the molecule is CCn1c2cncc(C)c2c2c(C(N)=O)cccc21. The zero-order chi connectivity index (χ0) is 13.6. The fourth-order valence-corrected chi connectivity index (χ4v) is 2.78. The van der Waals surface area contributed by atoms with Crippen LogP contribution in [0.3, 0.4) is 0 Å². The quantitative estimate of drug-likeness (QED) is 0.763. The molecule has 0 saturated heterocycles. The summed E-state index contributed by atoms with van der Waals surface area (Å²) in [5, 5.41) is 2.01. The highest BCUT2D eigenvalue weighted by Crippen LogP contribution is 2.32. The van der Waals surface area contributed by atoms with Gasteiger partial charge in [0.25, 0.3) is 0 Å². The molecule has 4 nitrogen and oxygen atoms in total. The Bertz CT molecular complexity index is 802. The maximum absolute atomic E-state index is 11.7. The zero-order valence-electron chi connectivity index (χ0n) is 11.0. The van der Waals surface area contributed by atoms with E-state index in [2.05, 4.69) is 16.5 Å². The highest BCUT2D eigenvalue weighted by molar-refractivity contribution is 6.18.